The number of hydrogen-bond donors (Lipinski definition) is 1. The van der Waals surface area contributed by atoms with Crippen molar-refractivity contribution < 1.29 is 9.53 Å². The Bertz CT molecular complexity index is 703. The van der Waals surface area contributed by atoms with E-state index < -0.39 is 0 Å². The monoisotopic (exact) mass is 333 g/mol. The standard InChI is InChI=1S/C17H20ClN3O2/c1-11-16(18)12(2)21(20-11)14-7-5-13(6-8-14)17(22)19-10-15-4-3-9-23-15/h5-8,15H,3-4,9-10H2,1-2H3,(H,19,22). The first-order chi connectivity index (χ1) is 11.1. The number of aryl methyl sites for hydroxylation is 1. The highest BCUT2D eigenvalue weighted by molar-refractivity contribution is 6.31. The molecule has 1 aliphatic heterocycles. The van der Waals surface area contributed by atoms with Gasteiger partial charge in [0.15, 0.2) is 0 Å². The third-order valence-electron chi connectivity index (χ3n) is 4.09. The van der Waals surface area contributed by atoms with Gasteiger partial charge in [-0.3, -0.25) is 4.79 Å². The summed E-state index contributed by atoms with van der Waals surface area (Å²) < 4.78 is 7.29. The van der Waals surface area contributed by atoms with Gasteiger partial charge in [0, 0.05) is 18.7 Å². The van der Waals surface area contributed by atoms with Gasteiger partial charge in [-0.2, -0.15) is 5.10 Å². The van der Waals surface area contributed by atoms with Gasteiger partial charge in [-0.05, 0) is 51.0 Å². The van der Waals surface area contributed by atoms with E-state index >= 15 is 0 Å². The summed E-state index contributed by atoms with van der Waals surface area (Å²) in [5.74, 6) is -0.0848. The van der Waals surface area contributed by atoms with Gasteiger partial charge < -0.3 is 10.1 Å². The maximum atomic E-state index is 12.2. The van der Waals surface area contributed by atoms with Crippen molar-refractivity contribution >= 4 is 17.5 Å². The van der Waals surface area contributed by atoms with E-state index in [-0.39, 0.29) is 12.0 Å². The molecule has 1 N–H and O–H groups in total. The van der Waals surface area contributed by atoms with Crippen LogP contribution in [0.1, 0.15) is 34.6 Å². The molecule has 1 fully saturated rings. The summed E-state index contributed by atoms with van der Waals surface area (Å²) in [6, 6.07) is 7.34. The Morgan fingerprint density at radius 2 is 2.13 bits per heavy atom. The number of nitrogens with zero attached hydrogens (tertiary/aromatic N) is 2. The van der Waals surface area contributed by atoms with Crippen LogP contribution in [-0.2, 0) is 4.74 Å². The predicted molar refractivity (Wildman–Crippen MR) is 89.4 cm³/mol. The number of rotatable bonds is 4. The predicted octanol–water partition coefficient (Wildman–Crippen LogP) is 3.05. The third-order valence-corrected chi connectivity index (χ3v) is 4.64. The molecule has 1 atom stereocenters. The summed E-state index contributed by atoms with van der Waals surface area (Å²) in [6.07, 6.45) is 2.23. The largest absolute Gasteiger partial charge is 0.376 e. The fraction of sp³-hybridized carbons (Fsp3) is 0.412. The highest BCUT2D eigenvalue weighted by atomic mass is 35.5. The van der Waals surface area contributed by atoms with Gasteiger partial charge in [0.2, 0.25) is 0 Å². The first kappa shape index (κ1) is 16.0. The number of aromatic nitrogens is 2. The number of carbonyl (C=O) groups is 1. The average Bonchev–Trinajstić information content (AvgIpc) is 3.17. The van der Waals surface area contributed by atoms with Gasteiger partial charge in [-0.25, -0.2) is 4.68 Å². The van der Waals surface area contributed by atoms with Crippen molar-refractivity contribution in [3.8, 4) is 5.69 Å². The van der Waals surface area contributed by atoms with Crippen molar-refractivity contribution in [3.63, 3.8) is 0 Å². The van der Waals surface area contributed by atoms with Crippen LogP contribution in [0.2, 0.25) is 5.02 Å². The van der Waals surface area contributed by atoms with Crippen molar-refractivity contribution in [2.45, 2.75) is 32.8 Å². The van der Waals surface area contributed by atoms with Crippen LogP contribution in [0.15, 0.2) is 24.3 Å². The van der Waals surface area contributed by atoms with E-state index in [0.29, 0.717) is 17.1 Å². The number of ether oxygens (including phenoxy) is 1. The SMILES string of the molecule is Cc1nn(-c2ccc(C(=O)NCC3CCCO3)cc2)c(C)c1Cl. The first-order valence-corrected chi connectivity index (χ1v) is 8.16. The van der Waals surface area contributed by atoms with Crippen LogP contribution in [0.3, 0.4) is 0 Å². The molecule has 6 heteroatoms. The minimum Gasteiger partial charge on any atom is -0.376 e. The van der Waals surface area contributed by atoms with Gasteiger partial charge in [-0.1, -0.05) is 11.6 Å². The number of carbonyl (C=O) groups excluding carboxylic acids is 1. The fourth-order valence-corrected chi connectivity index (χ4v) is 2.86. The molecule has 0 aliphatic carbocycles. The molecule has 1 saturated heterocycles. The van der Waals surface area contributed by atoms with E-state index in [1.165, 1.54) is 0 Å². The van der Waals surface area contributed by atoms with Crippen molar-refractivity contribution in [1.82, 2.24) is 15.1 Å². The normalized spacial score (nSPS) is 17.4. The second-order valence-electron chi connectivity index (χ2n) is 5.79. The highest BCUT2D eigenvalue weighted by Crippen LogP contribution is 2.22. The zero-order chi connectivity index (χ0) is 16.4. The minimum absolute atomic E-state index is 0.0848. The number of benzene rings is 1. The van der Waals surface area contributed by atoms with Crippen LogP contribution >= 0.6 is 11.6 Å². The molecule has 1 aromatic carbocycles. The molecule has 3 rings (SSSR count). The molecular formula is C17H20ClN3O2. The van der Waals surface area contributed by atoms with E-state index in [4.69, 9.17) is 16.3 Å². The summed E-state index contributed by atoms with van der Waals surface area (Å²) in [7, 11) is 0. The number of halogens is 1. The van der Waals surface area contributed by atoms with E-state index in [1.54, 1.807) is 16.8 Å². The zero-order valence-electron chi connectivity index (χ0n) is 13.3. The molecule has 122 valence electrons. The summed E-state index contributed by atoms with van der Waals surface area (Å²) in [6.45, 7) is 5.15. The lowest BCUT2D eigenvalue weighted by atomic mass is 10.2. The van der Waals surface area contributed by atoms with E-state index in [1.807, 2.05) is 26.0 Å². The van der Waals surface area contributed by atoms with Crippen LogP contribution < -0.4 is 5.32 Å². The van der Waals surface area contributed by atoms with Crippen molar-refractivity contribution in [2.75, 3.05) is 13.2 Å². The molecule has 0 radical (unpaired) electrons. The molecule has 1 amide bonds. The molecule has 2 aromatic rings. The van der Waals surface area contributed by atoms with E-state index in [2.05, 4.69) is 10.4 Å². The Kier molecular flexibility index (Phi) is 4.68. The van der Waals surface area contributed by atoms with Crippen molar-refractivity contribution in [3.05, 3.63) is 46.2 Å². The zero-order valence-corrected chi connectivity index (χ0v) is 14.1. The molecule has 1 aliphatic rings. The minimum atomic E-state index is -0.0848. The number of nitrogens with one attached hydrogen (secondary N) is 1. The lowest BCUT2D eigenvalue weighted by molar-refractivity contribution is 0.0858. The summed E-state index contributed by atoms with van der Waals surface area (Å²) in [5.41, 5.74) is 3.19. The maximum Gasteiger partial charge on any atom is 0.251 e. The van der Waals surface area contributed by atoms with Gasteiger partial charge in [0.25, 0.3) is 5.91 Å². The molecular weight excluding hydrogens is 314 g/mol. The summed E-state index contributed by atoms with van der Waals surface area (Å²) in [5, 5.41) is 8.00. The Balaban J connectivity index is 1.68. The lowest BCUT2D eigenvalue weighted by Gasteiger charge is -2.11. The smallest absolute Gasteiger partial charge is 0.251 e. The summed E-state index contributed by atoms with van der Waals surface area (Å²) in [4.78, 5) is 12.2. The van der Waals surface area contributed by atoms with Gasteiger partial charge in [0.05, 0.1) is 28.2 Å². The van der Waals surface area contributed by atoms with Gasteiger partial charge in [0.1, 0.15) is 0 Å². The average molecular weight is 334 g/mol. The van der Waals surface area contributed by atoms with Crippen LogP contribution in [0.4, 0.5) is 0 Å². The molecule has 1 unspecified atom stereocenters. The molecule has 0 spiro atoms. The Morgan fingerprint density at radius 3 is 2.70 bits per heavy atom. The Labute approximate surface area is 140 Å². The van der Waals surface area contributed by atoms with Crippen LogP contribution in [0.25, 0.3) is 5.69 Å². The molecule has 1 aromatic heterocycles. The second kappa shape index (κ2) is 6.72. The van der Waals surface area contributed by atoms with Crippen molar-refractivity contribution in [1.29, 1.82) is 0 Å². The first-order valence-electron chi connectivity index (χ1n) is 7.78. The molecule has 2 heterocycles. The maximum absolute atomic E-state index is 12.2. The Morgan fingerprint density at radius 1 is 1.39 bits per heavy atom. The quantitative estimate of drug-likeness (QED) is 0.935. The van der Waals surface area contributed by atoms with Crippen LogP contribution in [0.5, 0.6) is 0 Å². The summed E-state index contributed by atoms with van der Waals surface area (Å²) >= 11 is 6.17. The molecule has 5 nitrogen and oxygen atoms in total. The highest BCUT2D eigenvalue weighted by Gasteiger charge is 2.17. The van der Waals surface area contributed by atoms with Gasteiger partial charge in [-0.15, -0.1) is 0 Å². The molecule has 23 heavy (non-hydrogen) atoms. The Hall–Kier alpha value is -1.85. The second-order valence-corrected chi connectivity index (χ2v) is 6.17. The number of amides is 1. The lowest BCUT2D eigenvalue weighted by Crippen LogP contribution is -2.31. The third kappa shape index (κ3) is 3.41. The van der Waals surface area contributed by atoms with Crippen LogP contribution in [0, 0.1) is 13.8 Å². The fourth-order valence-electron chi connectivity index (χ4n) is 2.74. The van der Waals surface area contributed by atoms with E-state index in [0.717, 1.165) is 36.5 Å². The number of hydrogen-bond acceptors (Lipinski definition) is 3. The molecule has 0 bridgehead atoms. The van der Waals surface area contributed by atoms with Crippen LogP contribution in [-0.4, -0.2) is 34.9 Å². The van der Waals surface area contributed by atoms with Gasteiger partial charge >= 0.3 is 0 Å². The molecule has 0 saturated carbocycles. The van der Waals surface area contributed by atoms with E-state index in [9.17, 15) is 4.79 Å². The topological polar surface area (TPSA) is 56.2 Å². The van der Waals surface area contributed by atoms with Crippen molar-refractivity contribution in [2.24, 2.45) is 0 Å².